The Morgan fingerprint density at radius 1 is 0.970 bits per heavy atom. The lowest BCUT2D eigenvalue weighted by Crippen LogP contribution is -2.13. The van der Waals surface area contributed by atoms with Gasteiger partial charge in [-0.1, -0.05) is 6.07 Å². The molecule has 8 nitrogen and oxygen atoms in total. The first-order valence-electron chi connectivity index (χ1n) is 10.3. The van der Waals surface area contributed by atoms with Crippen LogP contribution in [0.25, 0.3) is 11.5 Å². The molecule has 8 heteroatoms. The molecule has 33 heavy (non-hydrogen) atoms. The molecule has 0 aliphatic rings. The summed E-state index contributed by atoms with van der Waals surface area (Å²) in [5, 5.41) is 11.0. The van der Waals surface area contributed by atoms with E-state index in [2.05, 4.69) is 15.5 Å². The van der Waals surface area contributed by atoms with Crippen molar-refractivity contribution in [3.8, 4) is 23.0 Å². The van der Waals surface area contributed by atoms with Crippen LogP contribution in [0.4, 0.5) is 11.4 Å². The second-order valence-electron chi connectivity index (χ2n) is 7.44. The smallest absolute Gasteiger partial charge is 0.255 e. The molecule has 0 saturated heterocycles. The molecule has 1 heterocycles. The van der Waals surface area contributed by atoms with Crippen molar-refractivity contribution in [2.24, 2.45) is 0 Å². The maximum atomic E-state index is 12.6. The van der Waals surface area contributed by atoms with E-state index in [1.807, 2.05) is 55.4 Å². The molecule has 0 bridgehead atoms. The first kappa shape index (κ1) is 21.9. The predicted octanol–water partition coefficient (Wildman–Crippen LogP) is 4.64. The number of carbonyl (C=O) groups excluding carboxylic acids is 1. The summed E-state index contributed by atoms with van der Waals surface area (Å²) in [4.78, 5) is 14.5. The van der Waals surface area contributed by atoms with Crippen molar-refractivity contribution < 1.29 is 18.7 Å². The van der Waals surface area contributed by atoms with E-state index in [0.717, 1.165) is 17.0 Å². The van der Waals surface area contributed by atoms with Crippen LogP contribution < -0.4 is 19.7 Å². The van der Waals surface area contributed by atoms with Crippen molar-refractivity contribution in [3.05, 3.63) is 84.3 Å². The lowest BCUT2D eigenvalue weighted by Gasteiger charge is -2.13. The Labute approximate surface area is 191 Å². The molecule has 0 spiro atoms. The summed E-state index contributed by atoms with van der Waals surface area (Å²) in [6.45, 7) is 0.104. The van der Waals surface area contributed by atoms with Gasteiger partial charge < -0.3 is 24.1 Å². The highest BCUT2D eigenvalue weighted by Crippen LogP contribution is 2.23. The van der Waals surface area contributed by atoms with E-state index in [0.29, 0.717) is 28.8 Å². The molecule has 1 amide bonds. The van der Waals surface area contributed by atoms with Gasteiger partial charge in [0.25, 0.3) is 11.8 Å². The van der Waals surface area contributed by atoms with E-state index in [4.69, 9.17) is 13.9 Å². The summed E-state index contributed by atoms with van der Waals surface area (Å²) in [6, 6.07) is 21.9. The summed E-state index contributed by atoms with van der Waals surface area (Å²) in [5.41, 5.74) is 3.01. The van der Waals surface area contributed by atoms with Crippen LogP contribution >= 0.6 is 0 Å². The minimum Gasteiger partial charge on any atom is -0.497 e. The molecule has 0 atom stereocenters. The van der Waals surface area contributed by atoms with Gasteiger partial charge in [0.05, 0.1) is 7.11 Å². The van der Waals surface area contributed by atoms with Gasteiger partial charge >= 0.3 is 0 Å². The lowest BCUT2D eigenvalue weighted by atomic mass is 10.2. The van der Waals surface area contributed by atoms with Crippen LogP contribution in [0.1, 0.15) is 16.2 Å². The molecule has 0 aliphatic heterocycles. The molecule has 4 rings (SSSR count). The van der Waals surface area contributed by atoms with Crippen LogP contribution in [0, 0.1) is 0 Å². The third-order valence-corrected chi connectivity index (χ3v) is 4.90. The van der Waals surface area contributed by atoms with Gasteiger partial charge in [0.15, 0.2) is 6.61 Å². The number of amides is 1. The Morgan fingerprint density at radius 3 is 2.42 bits per heavy atom. The quantitative estimate of drug-likeness (QED) is 0.423. The third kappa shape index (κ3) is 5.48. The largest absolute Gasteiger partial charge is 0.497 e. The van der Waals surface area contributed by atoms with Crippen LogP contribution in [-0.4, -0.2) is 37.3 Å². The number of hydrogen-bond acceptors (Lipinski definition) is 7. The monoisotopic (exact) mass is 444 g/mol. The lowest BCUT2D eigenvalue weighted by molar-refractivity contribution is 0.102. The standard InChI is InChI=1S/C25H24N4O4/c1-29(2)20-11-7-17(8-12-20)24(30)26-19-5-4-6-22(15-19)32-16-23-27-28-25(33-23)18-9-13-21(31-3)14-10-18/h4-15H,16H2,1-3H3,(H,26,30). The Balaban J connectivity index is 1.36. The fraction of sp³-hybridized carbons (Fsp3) is 0.160. The molecule has 0 aliphatic carbocycles. The molecule has 0 unspecified atom stereocenters. The van der Waals surface area contributed by atoms with E-state index in [-0.39, 0.29) is 12.5 Å². The topological polar surface area (TPSA) is 89.7 Å². The van der Waals surface area contributed by atoms with E-state index >= 15 is 0 Å². The van der Waals surface area contributed by atoms with Crippen molar-refractivity contribution in [2.75, 3.05) is 31.4 Å². The Kier molecular flexibility index (Phi) is 6.54. The second kappa shape index (κ2) is 9.86. The summed E-state index contributed by atoms with van der Waals surface area (Å²) < 4.78 is 16.6. The first-order valence-corrected chi connectivity index (χ1v) is 10.3. The molecule has 3 aromatic carbocycles. The Bertz CT molecular complexity index is 1220. The number of nitrogens with one attached hydrogen (secondary N) is 1. The summed E-state index contributed by atoms with van der Waals surface area (Å²) >= 11 is 0. The maximum Gasteiger partial charge on any atom is 0.255 e. The van der Waals surface area contributed by atoms with Gasteiger partial charge in [0.2, 0.25) is 5.89 Å². The van der Waals surface area contributed by atoms with Crippen LogP contribution in [0.15, 0.2) is 77.2 Å². The molecular formula is C25H24N4O4. The van der Waals surface area contributed by atoms with Gasteiger partial charge in [0.1, 0.15) is 11.5 Å². The number of anilines is 2. The molecule has 0 saturated carbocycles. The summed E-state index contributed by atoms with van der Waals surface area (Å²) in [7, 11) is 5.52. The zero-order valence-corrected chi connectivity index (χ0v) is 18.6. The van der Waals surface area contributed by atoms with E-state index < -0.39 is 0 Å². The number of rotatable bonds is 8. The van der Waals surface area contributed by atoms with E-state index in [9.17, 15) is 4.79 Å². The number of aromatic nitrogens is 2. The van der Waals surface area contributed by atoms with Crippen LogP contribution in [-0.2, 0) is 6.61 Å². The van der Waals surface area contributed by atoms with Gasteiger partial charge in [-0.25, -0.2) is 0 Å². The van der Waals surface area contributed by atoms with Crippen LogP contribution in [0.3, 0.4) is 0 Å². The van der Waals surface area contributed by atoms with E-state index in [1.54, 1.807) is 43.5 Å². The molecular weight excluding hydrogens is 420 g/mol. The SMILES string of the molecule is COc1ccc(-c2nnc(COc3cccc(NC(=O)c4ccc(N(C)C)cc4)c3)o2)cc1. The van der Waals surface area contributed by atoms with Gasteiger partial charge in [-0.3, -0.25) is 4.79 Å². The number of benzene rings is 3. The second-order valence-corrected chi connectivity index (χ2v) is 7.44. The third-order valence-electron chi connectivity index (χ3n) is 4.90. The zero-order valence-electron chi connectivity index (χ0n) is 18.6. The fourth-order valence-electron chi connectivity index (χ4n) is 3.09. The van der Waals surface area contributed by atoms with Crippen molar-refractivity contribution in [2.45, 2.75) is 6.61 Å². The van der Waals surface area contributed by atoms with Crippen molar-refractivity contribution >= 4 is 17.3 Å². The summed E-state index contributed by atoms with van der Waals surface area (Å²) in [5.74, 6) is 1.87. The molecule has 1 N–H and O–H groups in total. The Hall–Kier alpha value is -4.33. The van der Waals surface area contributed by atoms with Crippen molar-refractivity contribution in [1.29, 1.82) is 0 Å². The highest BCUT2D eigenvalue weighted by atomic mass is 16.5. The minimum absolute atomic E-state index is 0.104. The number of ether oxygens (including phenoxy) is 2. The average molecular weight is 444 g/mol. The van der Waals surface area contributed by atoms with Gasteiger partial charge in [-0.2, -0.15) is 0 Å². The maximum absolute atomic E-state index is 12.6. The van der Waals surface area contributed by atoms with Crippen molar-refractivity contribution in [1.82, 2.24) is 10.2 Å². The normalized spacial score (nSPS) is 10.5. The van der Waals surface area contributed by atoms with Gasteiger partial charge in [-0.15, -0.1) is 10.2 Å². The Morgan fingerprint density at radius 2 is 1.73 bits per heavy atom. The van der Waals surface area contributed by atoms with Gasteiger partial charge in [0, 0.05) is 42.7 Å². The number of nitrogens with zero attached hydrogens (tertiary/aromatic N) is 3. The molecule has 0 fully saturated rings. The first-order chi connectivity index (χ1) is 16.0. The van der Waals surface area contributed by atoms with Gasteiger partial charge in [-0.05, 0) is 60.7 Å². The number of hydrogen-bond donors (Lipinski definition) is 1. The highest BCUT2D eigenvalue weighted by Gasteiger charge is 2.11. The molecule has 4 aromatic rings. The predicted molar refractivity (Wildman–Crippen MR) is 126 cm³/mol. The van der Waals surface area contributed by atoms with E-state index in [1.165, 1.54) is 0 Å². The number of carbonyl (C=O) groups is 1. The molecule has 1 aromatic heterocycles. The average Bonchev–Trinajstić information content (AvgIpc) is 3.32. The highest BCUT2D eigenvalue weighted by molar-refractivity contribution is 6.04. The van der Waals surface area contributed by atoms with Crippen LogP contribution in [0.2, 0.25) is 0 Å². The number of methoxy groups -OCH3 is 1. The zero-order chi connectivity index (χ0) is 23.2. The minimum atomic E-state index is -0.196. The summed E-state index contributed by atoms with van der Waals surface area (Å²) in [6.07, 6.45) is 0. The van der Waals surface area contributed by atoms with Crippen molar-refractivity contribution in [3.63, 3.8) is 0 Å². The molecule has 0 radical (unpaired) electrons. The fourth-order valence-corrected chi connectivity index (χ4v) is 3.09. The van der Waals surface area contributed by atoms with Crippen LogP contribution in [0.5, 0.6) is 11.5 Å². The molecule has 168 valence electrons.